The summed E-state index contributed by atoms with van der Waals surface area (Å²) in [6.45, 7) is 6.00. The molecule has 4 aliphatic carbocycles. The molecule has 6 atom stereocenters. The van der Waals surface area contributed by atoms with Crippen molar-refractivity contribution >= 4 is 23.1 Å². The number of allylic oxidation sites excluding steroid dienone is 1. The van der Waals surface area contributed by atoms with Crippen LogP contribution in [-0.2, 0) is 9.59 Å². The van der Waals surface area contributed by atoms with Crippen LogP contribution in [0, 0.1) is 28.6 Å². The molecule has 0 aliphatic heterocycles. The molecule has 3 saturated carbocycles. The first kappa shape index (κ1) is 22.5. The second kappa shape index (κ2) is 7.36. The molecule has 4 aliphatic rings. The number of hydrogen-bond donors (Lipinski definition) is 2. The Kier molecular flexibility index (Phi) is 5.02. The number of aliphatic hydroxyl groups is 1. The van der Waals surface area contributed by atoms with Crippen LogP contribution in [0.25, 0.3) is 5.57 Å². The highest BCUT2D eigenvalue weighted by molar-refractivity contribution is 6.22. The maximum atomic E-state index is 13.1. The van der Waals surface area contributed by atoms with E-state index in [1.165, 1.54) is 12.5 Å². The van der Waals surface area contributed by atoms with Gasteiger partial charge in [-0.2, -0.15) is 0 Å². The molecule has 3 fully saturated rings. The molecule has 0 aromatic heterocycles. The van der Waals surface area contributed by atoms with Gasteiger partial charge in [-0.05, 0) is 92.7 Å². The van der Waals surface area contributed by atoms with Gasteiger partial charge in [0.2, 0.25) is 0 Å². The molecular formula is C28H34O5. The average molecular weight is 451 g/mol. The topological polar surface area (TPSA) is 91.7 Å². The van der Waals surface area contributed by atoms with E-state index in [1.54, 1.807) is 24.3 Å². The molecule has 0 bridgehead atoms. The van der Waals surface area contributed by atoms with Crippen molar-refractivity contribution in [3.8, 4) is 0 Å². The number of fused-ring (bicyclic) bond motifs is 5. The number of rotatable bonds is 3. The number of carboxylic acid groups (broad SMARTS) is 1. The van der Waals surface area contributed by atoms with Crippen molar-refractivity contribution in [1.82, 2.24) is 0 Å². The molecule has 5 rings (SSSR count). The van der Waals surface area contributed by atoms with Crippen LogP contribution in [0.4, 0.5) is 0 Å². The molecular weight excluding hydrogens is 416 g/mol. The standard InChI is InChI=1S/C28H34O5/c1-16(29)28(33)15-11-21-19-8-9-22-24(17-4-6-18(7-5-17)25(31)32)23(30)12-13-26(22,2)20(19)10-14-27(21,28)3/h4-7,19-21,33H,8-15H2,1-3H3,(H,31,32)/t19-,20+,21+,26-,27+,28+/m1/s1. The molecule has 1 aromatic carbocycles. The molecule has 0 unspecified atom stereocenters. The molecule has 2 N–H and O–H groups in total. The fourth-order valence-electron chi connectivity index (χ4n) is 8.42. The van der Waals surface area contributed by atoms with E-state index in [0.717, 1.165) is 49.7 Å². The third kappa shape index (κ3) is 2.97. The highest BCUT2D eigenvalue weighted by Crippen LogP contribution is 2.68. The molecule has 0 heterocycles. The Morgan fingerprint density at radius 3 is 2.24 bits per heavy atom. The molecule has 0 saturated heterocycles. The lowest BCUT2D eigenvalue weighted by Crippen LogP contribution is -2.57. The van der Waals surface area contributed by atoms with Gasteiger partial charge in [0, 0.05) is 17.4 Å². The van der Waals surface area contributed by atoms with Crippen LogP contribution in [0.15, 0.2) is 29.8 Å². The Morgan fingerprint density at radius 2 is 1.61 bits per heavy atom. The van der Waals surface area contributed by atoms with Crippen molar-refractivity contribution in [2.75, 3.05) is 0 Å². The molecule has 0 spiro atoms. The van der Waals surface area contributed by atoms with E-state index < -0.39 is 11.6 Å². The zero-order valence-electron chi connectivity index (χ0n) is 19.8. The van der Waals surface area contributed by atoms with Crippen molar-refractivity contribution in [1.29, 1.82) is 0 Å². The third-order valence-electron chi connectivity index (χ3n) is 10.3. The SMILES string of the molecule is CC(=O)[C@@]1(O)CC[C@H]2[C@@H]3CCC4=C(c5ccc(C(=O)O)cc5)C(=O)CC[C@]4(C)[C@H]3CC[C@@]21C. The molecule has 0 radical (unpaired) electrons. The Balaban J connectivity index is 1.54. The number of aromatic carboxylic acids is 1. The molecule has 176 valence electrons. The van der Waals surface area contributed by atoms with Gasteiger partial charge in [0.25, 0.3) is 0 Å². The second-order valence-electron chi connectivity index (χ2n) is 11.4. The van der Waals surface area contributed by atoms with Crippen molar-refractivity contribution in [3.63, 3.8) is 0 Å². The van der Waals surface area contributed by atoms with Gasteiger partial charge in [0.05, 0.1) is 5.56 Å². The van der Waals surface area contributed by atoms with Crippen molar-refractivity contribution < 1.29 is 24.6 Å². The number of carboxylic acids is 1. The van der Waals surface area contributed by atoms with Gasteiger partial charge < -0.3 is 10.2 Å². The molecule has 1 aromatic rings. The summed E-state index contributed by atoms with van der Waals surface area (Å²) in [5.74, 6) is 0.330. The zero-order valence-corrected chi connectivity index (χ0v) is 19.8. The number of Topliss-reactive ketones (excluding diaryl/α,β-unsaturated/α-hetero) is 2. The lowest BCUT2D eigenvalue weighted by Gasteiger charge is -2.59. The van der Waals surface area contributed by atoms with Gasteiger partial charge in [-0.1, -0.05) is 31.6 Å². The first-order valence-electron chi connectivity index (χ1n) is 12.4. The van der Waals surface area contributed by atoms with Crippen LogP contribution in [0.3, 0.4) is 0 Å². The summed E-state index contributed by atoms with van der Waals surface area (Å²) in [6.07, 6.45) is 6.45. The molecule has 33 heavy (non-hydrogen) atoms. The first-order valence-corrected chi connectivity index (χ1v) is 12.4. The minimum atomic E-state index is -1.21. The van der Waals surface area contributed by atoms with Crippen LogP contribution in [0.2, 0.25) is 0 Å². The molecule has 5 heteroatoms. The third-order valence-corrected chi connectivity index (χ3v) is 10.3. The maximum absolute atomic E-state index is 13.1. The van der Waals surface area contributed by atoms with Gasteiger partial charge in [0.15, 0.2) is 11.6 Å². The van der Waals surface area contributed by atoms with E-state index >= 15 is 0 Å². The van der Waals surface area contributed by atoms with Gasteiger partial charge in [-0.25, -0.2) is 4.79 Å². The highest BCUT2D eigenvalue weighted by Gasteiger charge is 2.65. The van der Waals surface area contributed by atoms with Crippen LogP contribution < -0.4 is 0 Å². The fraction of sp³-hybridized carbons (Fsp3) is 0.607. The summed E-state index contributed by atoms with van der Waals surface area (Å²) < 4.78 is 0. The van der Waals surface area contributed by atoms with Gasteiger partial charge >= 0.3 is 5.97 Å². The van der Waals surface area contributed by atoms with Crippen LogP contribution >= 0.6 is 0 Å². The zero-order chi connectivity index (χ0) is 23.8. The summed E-state index contributed by atoms with van der Waals surface area (Å²) in [7, 11) is 0. The molecule has 5 nitrogen and oxygen atoms in total. The number of hydrogen-bond acceptors (Lipinski definition) is 4. The summed E-state index contributed by atoms with van der Waals surface area (Å²) in [5.41, 5.74) is 1.46. The van der Waals surface area contributed by atoms with Crippen molar-refractivity contribution in [2.24, 2.45) is 28.6 Å². The average Bonchev–Trinajstić information content (AvgIpc) is 3.06. The highest BCUT2D eigenvalue weighted by atomic mass is 16.4. The Hall–Kier alpha value is -2.27. The summed E-state index contributed by atoms with van der Waals surface area (Å²) >= 11 is 0. The van der Waals surface area contributed by atoms with Crippen molar-refractivity contribution in [2.45, 2.75) is 77.7 Å². The molecule has 0 amide bonds. The fourth-order valence-corrected chi connectivity index (χ4v) is 8.42. The lowest BCUT2D eigenvalue weighted by molar-refractivity contribution is -0.160. The van der Waals surface area contributed by atoms with Crippen LogP contribution in [0.1, 0.15) is 88.1 Å². The van der Waals surface area contributed by atoms with Gasteiger partial charge in [-0.3, -0.25) is 9.59 Å². The lowest BCUT2D eigenvalue weighted by atomic mass is 9.45. The van der Waals surface area contributed by atoms with E-state index in [-0.39, 0.29) is 28.0 Å². The quantitative estimate of drug-likeness (QED) is 0.671. The maximum Gasteiger partial charge on any atom is 0.335 e. The van der Waals surface area contributed by atoms with Gasteiger partial charge in [-0.15, -0.1) is 0 Å². The minimum absolute atomic E-state index is 0.0735. The summed E-state index contributed by atoms with van der Waals surface area (Å²) in [4.78, 5) is 36.8. The summed E-state index contributed by atoms with van der Waals surface area (Å²) in [5, 5.41) is 20.6. The summed E-state index contributed by atoms with van der Waals surface area (Å²) in [6, 6.07) is 6.74. The Bertz CT molecular complexity index is 1070. The minimum Gasteiger partial charge on any atom is -0.478 e. The van der Waals surface area contributed by atoms with E-state index in [0.29, 0.717) is 30.6 Å². The largest absolute Gasteiger partial charge is 0.478 e. The number of carbonyl (C=O) groups is 3. The predicted octanol–water partition coefficient (Wildman–Crippen LogP) is 5.06. The first-order chi connectivity index (χ1) is 15.5. The van der Waals surface area contributed by atoms with Gasteiger partial charge in [0.1, 0.15) is 5.60 Å². The van der Waals surface area contributed by atoms with Crippen LogP contribution in [0.5, 0.6) is 0 Å². The number of carbonyl (C=O) groups excluding carboxylic acids is 2. The van der Waals surface area contributed by atoms with E-state index in [1.807, 2.05) is 0 Å². The number of ketones is 2. The van der Waals surface area contributed by atoms with E-state index in [4.69, 9.17) is 0 Å². The monoisotopic (exact) mass is 450 g/mol. The van der Waals surface area contributed by atoms with E-state index in [9.17, 15) is 24.6 Å². The smallest absolute Gasteiger partial charge is 0.335 e. The van der Waals surface area contributed by atoms with Crippen molar-refractivity contribution in [3.05, 3.63) is 41.0 Å². The number of benzene rings is 1. The Morgan fingerprint density at radius 1 is 0.939 bits per heavy atom. The van der Waals surface area contributed by atoms with E-state index in [2.05, 4.69) is 13.8 Å². The van der Waals surface area contributed by atoms with Crippen LogP contribution in [-0.4, -0.2) is 33.3 Å². The predicted molar refractivity (Wildman–Crippen MR) is 125 cm³/mol. The second-order valence-corrected chi connectivity index (χ2v) is 11.4. The Labute approximate surface area is 195 Å². The normalized spacial score (nSPS) is 40.1.